The summed E-state index contributed by atoms with van der Waals surface area (Å²) in [4.78, 5) is 24.0. The SMILES string of the molecule is CCCN(CCC)C(=O)N(CC(=O)O)CC(F)(F)F. The number of halogens is 3. The van der Waals surface area contributed by atoms with Crippen LogP contribution in [0.1, 0.15) is 26.7 Å². The van der Waals surface area contributed by atoms with Crippen LogP contribution < -0.4 is 0 Å². The van der Waals surface area contributed by atoms with Crippen LogP contribution in [0.3, 0.4) is 0 Å². The number of alkyl halides is 3. The summed E-state index contributed by atoms with van der Waals surface area (Å²) in [7, 11) is 0. The van der Waals surface area contributed by atoms with Gasteiger partial charge in [-0.15, -0.1) is 0 Å². The second kappa shape index (κ2) is 7.85. The van der Waals surface area contributed by atoms with Crippen LogP contribution in [0, 0.1) is 0 Å². The van der Waals surface area contributed by atoms with Gasteiger partial charge in [-0.25, -0.2) is 4.79 Å². The van der Waals surface area contributed by atoms with Crippen LogP contribution in [0.2, 0.25) is 0 Å². The van der Waals surface area contributed by atoms with E-state index >= 15 is 0 Å². The van der Waals surface area contributed by atoms with Crippen molar-refractivity contribution in [3.8, 4) is 0 Å². The highest BCUT2D eigenvalue weighted by Crippen LogP contribution is 2.17. The number of aliphatic carboxylic acids is 1. The topological polar surface area (TPSA) is 60.9 Å². The lowest BCUT2D eigenvalue weighted by Gasteiger charge is -2.29. The first-order valence-corrected chi connectivity index (χ1v) is 6.03. The minimum atomic E-state index is -4.62. The number of amides is 2. The predicted molar refractivity (Wildman–Crippen MR) is 62.8 cm³/mol. The number of hydrogen-bond acceptors (Lipinski definition) is 2. The third kappa shape index (κ3) is 7.53. The number of carbonyl (C=O) groups is 2. The lowest BCUT2D eigenvalue weighted by molar-refractivity contribution is -0.149. The van der Waals surface area contributed by atoms with E-state index < -0.39 is 31.3 Å². The molecule has 2 amide bonds. The molecular weight excluding hydrogens is 265 g/mol. The Morgan fingerprint density at radius 3 is 1.84 bits per heavy atom. The number of rotatable bonds is 7. The molecule has 0 spiro atoms. The van der Waals surface area contributed by atoms with Crippen molar-refractivity contribution in [2.24, 2.45) is 0 Å². The molecule has 0 aromatic heterocycles. The maximum atomic E-state index is 12.3. The van der Waals surface area contributed by atoms with Crippen molar-refractivity contribution in [2.75, 3.05) is 26.2 Å². The molecule has 8 heteroatoms. The Morgan fingerprint density at radius 2 is 1.53 bits per heavy atom. The molecule has 0 rings (SSSR count). The summed E-state index contributed by atoms with van der Waals surface area (Å²) in [6, 6.07) is -0.886. The van der Waals surface area contributed by atoms with Gasteiger partial charge in [0.15, 0.2) is 0 Å². The van der Waals surface area contributed by atoms with Crippen LogP contribution in [0.25, 0.3) is 0 Å². The Labute approximate surface area is 110 Å². The first-order chi connectivity index (χ1) is 8.71. The molecule has 0 aliphatic carbocycles. The predicted octanol–water partition coefficient (Wildman–Crippen LogP) is 2.18. The fourth-order valence-corrected chi connectivity index (χ4v) is 1.61. The number of urea groups is 1. The Morgan fingerprint density at radius 1 is 1.05 bits per heavy atom. The first kappa shape index (κ1) is 17.5. The van der Waals surface area contributed by atoms with Crippen molar-refractivity contribution in [1.29, 1.82) is 0 Å². The highest BCUT2D eigenvalue weighted by molar-refractivity contribution is 5.80. The van der Waals surface area contributed by atoms with Gasteiger partial charge in [0.2, 0.25) is 0 Å². The van der Waals surface area contributed by atoms with Gasteiger partial charge in [0, 0.05) is 13.1 Å². The van der Waals surface area contributed by atoms with Crippen molar-refractivity contribution in [3.05, 3.63) is 0 Å². The summed E-state index contributed by atoms with van der Waals surface area (Å²) in [5, 5.41) is 8.59. The molecule has 19 heavy (non-hydrogen) atoms. The molecule has 112 valence electrons. The largest absolute Gasteiger partial charge is 0.480 e. The van der Waals surface area contributed by atoms with E-state index in [0.29, 0.717) is 30.8 Å². The highest BCUT2D eigenvalue weighted by Gasteiger charge is 2.35. The number of carboxylic acids is 1. The number of nitrogens with zero attached hydrogens (tertiary/aromatic N) is 2. The minimum absolute atomic E-state index is 0.306. The molecule has 0 fully saturated rings. The normalized spacial score (nSPS) is 11.2. The van der Waals surface area contributed by atoms with Crippen LogP contribution in [0.4, 0.5) is 18.0 Å². The molecule has 0 heterocycles. The summed E-state index contributed by atoms with van der Waals surface area (Å²) in [5.41, 5.74) is 0. The van der Waals surface area contributed by atoms with Gasteiger partial charge in [-0.2, -0.15) is 13.2 Å². The molecule has 0 aliphatic heterocycles. The summed E-state index contributed by atoms with van der Waals surface area (Å²) in [6.07, 6.45) is -3.42. The van der Waals surface area contributed by atoms with Gasteiger partial charge in [-0.1, -0.05) is 13.8 Å². The molecule has 0 atom stereocenters. The van der Waals surface area contributed by atoms with Crippen LogP contribution in [0.15, 0.2) is 0 Å². The van der Waals surface area contributed by atoms with Crippen molar-refractivity contribution in [1.82, 2.24) is 9.80 Å². The van der Waals surface area contributed by atoms with Gasteiger partial charge in [0.05, 0.1) is 0 Å². The lowest BCUT2D eigenvalue weighted by atomic mass is 10.3. The zero-order valence-electron chi connectivity index (χ0n) is 11.0. The molecule has 0 unspecified atom stereocenters. The van der Waals surface area contributed by atoms with Crippen LogP contribution in [-0.2, 0) is 4.79 Å². The monoisotopic (exact) mass is 284 g/mol. The van der Waals surface area contributed by atoms with Crippen LogP contribution in [0.5, 0.6) is 0 Å². The van der Waals surface area contributed by atoms with Gasteiger partial charge in [-0.3, -0.25) is 4.79 Å². The van der Waals surface area contributed by atoms with Gasteiger partial charge in [0.1, 0.15) is 13.1 Å². The Kier molecular flexibility index (Phi) is 7.25. The Hall–Kier alpha value is -1.47. The van der Waals surface area contributed by atoms with Crippen molar-refractivity contribution >= 4 is 12.0 Å². The van der Waals surface area contributed by atoms with E-state index in [1.165, 1.54) is 4.90 Å². The van der Waals surface area contributed by atoms with Gasteiger partial charge in [-0.05, 0) is 12.8 Å². The number of carbonyl (C=O) groups excluding carboxylic acids is 1. The van der Waals surface area contributed by atoms with Crippen LogP contribution in [-0.4, -0.2) is 59.3 Å². The summed E-state index contributed by atoms with van der Waals surface area (Å²) in [6.45, 7) is 1.69. The maximum absolute atomic E-state index is 12.3. The summed E-state index contributed by atoms with van der Waals surface area (Å²) in [5.74, 6) is -1.47. The smallest absolute Gasteiger partial charge is 0.406 e. The molecule has 5 nitrogen and oxygen atoms in total. The lowest BCUT2D eigenvalue weighted by Crippen LogP contribution is -2.49. The maximum Gasteiger partial charge on any atom is 0.406 e. The van der Waals surface area contributed by atoms with E-state index in [4.69, 9.17) is 5.11 Å². The van der Waals surface area contributed by atoms with Gasteiger partial charge in [0.25, 0.3) is 0 Å². The van der Waals surface area contributed by atoms with E-state index in [0.717, 1.165) is 0 Å². The van der Waals surface area contributed by atoms with Crippen molar-refractivity contribution in [2.45, 2.75) is 32.9 Å². The molecule has 0 aromatic carbocycles. The second-order valence-electron chi connectivity index (χ2n) is 4.13. The quantitative estimate of drug-likeness (QED) is 0.779. The van der Waals surface area contributed by atoms with Gasteiger partial charge < -0.3 is 14.9 Å². The Balaban J connectivity index is 4.89. The standard InChI is InChI=1S/C11H19F3N2O3/c1-3-5-15(6-4-2)10(19)16(7-9(17)18)8-11(12,13)14/h3-8H2,1-2H3,(H,17,18). The molecule has 0 aliphatic rings. The first-order valence-electron chi connectivity index (χ1n) is 6.03. The number of hydrogen-bond donors (Lipinski definition) is 1. The van der Waals surface area contributed by atoms with E-state index in [1.54, 1.807) is 13.8 Å². The summed E-state index contributed by atoms with van der Waals surface area (Å²) >= 11 is 0. The minimum Gasteiger partial charge on any atom is -0.480 e. The molecule has 1 N–H and O–H groups in total. The van der Waals surface area contributed by atoms with Gasteiger partial charge >= 0.3 is 18.2 Å². The summed E-state index contributed by atoms with van der Waals surface area (Å²) < 4.78 is 37.0. The fraction of sp³-hybridized carbons (Fsp3) is 0.818. The molecular formula is C11H19F3N2O3. The Bertz CT molecular complexity index is 302. The second-order valence-corrected chi connectivity index (χ2v) is 4.13. The average Bonchev–Trinajstić information content (AvgIpc) is 2.24. The number of carboxylic acid groups (broad SMARTS) is 1. The van der Waals surface area contributed by atoms with Crippen molar-refractivity contribution in [3.63, 3.8) is 0 Å². The van der Waals surface area contributed by atoms with Crippen LogP contribution >= 0.6 is 0 Å². The third-order valence-electron chi connectivity index (χ3n) is 2.22. The fourth-order valence-electron chi connectivity index (χ4n) is 1.61. The molecule has 0 bridgehead atoms. The van der Waals surface area contributed by atoms with E-state index in [-0.39, 0.29) is 0 Å². The average molecular weight is 284 g/mol. The van der Waals surface area contributed by atoms with E-state index in [2.05, 4.69) is 0 Å². The molecule has 0 radical (unpaired) electrons. The third-order valence-corrected chi connectivity index (χ3v) is 2.22. The molecule has 0 saturated carbocycles. The zero-order chi connectivity index (χ0) is 15.1. The van der Waals surface area contributed by atoms with E-state index in [9.17, 15) is 22.8 Å². The molecule has 0 aromatic rings. The highest BCUT2D eigenvalue weighted by atomic mass is 19.4. The van der Waals surface area contributed by atoms with Crippen molar-refractivity contribution < 1.29 is 27.9 Å². The van der Waals surface area contributed by atoms with E-state index in [1.807, 2.05) is 0 Å². The molecule has 0 saturated heterocycles. The zero-order valence-corrected chi connectivity index (χ0v) is 11.0.